The number of benzene rings is 2. The summed E-state index contributed by atoms with van der Waals surface area (Å²) >= 11 is 0. The number of anilines is 1. The van der Waals surface area contributed by atoms with E-state index >= 15 is 0 Å². The van der Waals surface area contributed by atoms with Crippen LogP contribution in [0, 0.1) is 19.7 Å². The van der Waals surface area contributed by atoms with Crippen molar-refractivity contribution in [3.8, 4) is 5.75 Å². The predicted octanol–water partition coefficient (Wildman–Crippen LogP) is 4.77. The second-order valence-corrected chi connectivity index (χ2v) is 5.59. The molecule has 0 radical (unpaired) electrons. The highest BCUT2D eigenvalue weighted by atomic mass is 19.1. The fraction of sp³-hybridized carbons (Fsp3) is 0.333. The van der Waals surface area contributed by atoms with Crippen LogP contribution in [0.1, 0.15) is 35.6 Å². The van der Waals surface area contributed by atoms with E-state index in [1.165, 1.54) is 6.07 Å². The van der Waals surface area contributed by atoms with Crippen LogP contribution in [0.5, 0.6) is 5.75 Å². The highest BCUT2D eigenvalue weighted by Crippen LogP contribution is 2.36. The standard InChI is InChI=1S/C18H20FNO/c1-12-6-3-7-14-17(10-5-11-21-18(12)14)20-16-9-4-8-15(19)13(16)2/h3-4,6-9,17,20H,5,10-11H2,1-2H3. The fourth-order valence-electron chi connectivity index (χ4n) is 2.87. The average molecular weight is 285 g/mol. The van der Waals surface area contributed by atoms with Gasteiger partial charge in [0, 0.05) is 16.8 Å². The maximum absolute atomic E-state index is 13.7. The average Bonchev–Trinajstić information content (AvgIpc) is 2.68. The van der Waals surface area contributed by atoms with Gasteiger partial charge in [-0.25, -0.2) is 4.39 Å². The number of fused-ring (bicyclic) bond motifs is 1. The molecule has 0 spiro atoms. The number of aryl methyl sites for hydroxylation is 1. The minimum absolute atomic E-state index is 0.155. The lowest BCUT2D eigenvalue weighted by Gasteiger charge is -2.21. The lowest BCUT2D eigenvalue weighted by atomic mass is 9.99. The van der Waals surface area contributed by atoms with Crippen LogP contribution in [0.15, 0.2) is 36.4 Å². The van der Waals surface area contributed by atoms with E-state index in [-0.39, 0.29) is 11.9 Å². The van der Waals surface area contributed by atoms with Crippen molar-refractivity contribution in [3.05, 3.63) is 58.9 Å². The summed E-state index contributed by atoms with van der Waals surface area (Å²) in [4.78, 5) is 0. The van der Waals surface area contributed by atoms with Crippen molar-refractivity contribution in [1.29, 1.82) is 0 Å². The lowest BCUT2D eigenvalue weighted by molar-refractivity contribution is 0.314. The zero-order valence-corrected chi connectivity index (χ0v) is 12.4. The molecule has 0 saturated heterocycles. The Morgan fingerprint density at radius 3 is 2.81 bits per heavy atom. The first-order valence-electron chi connectivity index (χ1n) is 7.41. The van der Waals surface area contributed by atoms with Gasteiger partial charge >= 0.3 is 0 Å². The summed E-state index contributed by atoms with van der Waals surface area (Å²) in [7, 11) is 0. The molecular weight excluding hydrogens is 265 g/mol. The quantitative estimate of drug-likeness (QED) is 0.858. The van der Waals surface area contributed by atoms with E-state index in [0.29, 0.717) is 5.56 Å². The number of hydrogen-bond acceptors (Lipinski definition) is 2. The van der Waals surface area contributed by atoms with Crippen LogP contribution < -0.4 is 10.1 Å². The number of hydrogen-bond donors (Lipinski definition) is 1. The van der Waals surface area contributed by atoms with Crippen molar-refractivity contribution in [1.82, 2.24) is 0 Å². The molecule has 0 amide bonds. The molecule has 1 atom stereocenters. The molecule has 0 saturated carbocycles. The Morgan fingerprint density at radius 2 is 1.95 bits per heavy atom. The van der Waals surface area contributed by atoms with E-state index in [4.69, 9.17) is 4.74 Å². The molecule has 1 N–H and O–H groups in total. The third kappa shape index (κ3) is 2.73. The maximum atomic E-state index is 13.7. The fourth-order valence-corrected chi connectivity index (χ4v) is 2.87. The summed E-state index contributed by atoms with van der Waals surface area (Å²) in [5.74, 6) is 0.802. The molecule has 21 heavy (non-hydrogen) atoms. The minimum Gasteiger partial charge on any atom is -0.493 e. The van der Waals surface area contributed by atoms with E-state index in [0.717, 1.165) is 42.0 Å². The van der Waals surface area contributed by atoms with Gasteiger partial charge in [-0.1, -0.05) is 24.3 Å². The molecule has 3 rings (SSSR count). The molecule has 110 valence electrons. The predicted molar refractivity (Wildman–Crippen MR) is 83.4 cm³/mol. The Kier molecular flexibility index (Phi) is 3.82. The van der Waals surface area contributed by atoms with E-state index in [2.05, 4.69) is 30.4 Å². The van der Waals surface area contributed by atoms with Crippen molar-refractivity contribution in [2.75, 3.05) is 11.9 Å². The van der Waals surface area contributed by atoms with Crippen molar-refractivity contribution in [2.24, 2.45) is 0 Å². The summed E-state index contributed by atoms with van der Waals surface area (Å²) in [5.41, 5.74) is 3.83. The van der Waals surface area contributed by atoms with Gasteiger partial charge in [0.2, 0.25) is 0 Å². The van der Waals surface area contributed by atoms with Crippen molar-refractivity contribution < 1.29 is 9.13 Å². The molecule has 1 aliphatic heterocycles. The second kappa shape index (κ2) is 5.76. The number of rotatable bonds is 2. The second-order valence-electron chi connectivity index (χ2n) is 5.59. The van der Waals surface area contributed by atoms with E-state index in [9.17, 15) is 4.39 Å². The van der Waals surface area contributed by atoms with Gasteiger partial charge in [-0.2, -0.15) is 0 Å². The van der Waals surface area contributed by atoms with Crippen molar-refractivity contribution in [3.63, 3.8) is 0 Å². The Bertz CT molecular complexity index is 654. The van der Waals surface area contributed by atoms with Crippen LogP contribution in [0.3, 0.4) is 0 Å². The topological polar surface area (TPSA) is 21.3 Å². The van der Waals surface area contributed by atoms with Gasteiger partial charge in [-0.05, 0) is 44.4 Å². The van der Waals surface area contributed by atoms with Crippen LogP contribution in [-0.2, 0) is 0 Å². The lowest BCUT2D eigenvalue weighted by Crippen LogP contribution is -2.11. The van der Waals surface area contributed by atoms with Crippen molar-refractivity contribution in [2.45, 2.75) is 32.7 Å². The van der Waals surface area contributed by atoms with Crippen LogP contribution in [0.4, 0.5) is 10.1 Å². The smallest absolute Gasteiger partial charge is 0.128 e. The largest absolute Gasteiger partial charge is 0.493 e. The zero-order chi connectivity index (χ0) is 14.8. The molecule has 0 fully saturated rings. The first kappa shape index (κ1) is 13.9. The molecule has 2 nitrogen and oxygen atoms in total. The SMILES string of the molecule is Cc1cccc2c1OCCCC2Nc1cccc(F)c1C. The monoisotopic (exact) mass is 285 g/mol. The van der Waals surface area contributed by atoms with Crippen LogP contribution >= 0.6 is 0 Å². The Morgan fingerprint density at radius 1 is 1.14 bits per heavy atom. The van der Waals surface area contributed by atoms with Gasteiger partial charge in [-0.3, -0.25) is 0 Å². The van der Waals surface area contributed by atoms with Gasteiger partial charge in [0.05, 0.1) is 12.6 Å². The minimum atomic E-state index is -0.172. The molecule has 1 aliphatic rings. The number of halogens is 1. The number of nitrogens with one attached hydrogen (secondary N) is 1. The summed E-state index contributed by atoms with van der Waals surface area (Å²) in [6.07, 6.45) is 1.96. The zero-order valence-electron chi connectivity index (χ0n) is 12.4. The van der Waals surface area contributed by atoms with E-state index in [1.54, 1.807) is 6.07 Å². The first-order chi connectivity index (χ1) is 10.2. The summed E-state index contributed by atoms with van der Waals surface area (Å²) in [6, 6.07) is 11.5. The number of para-hydroxylation sites is 1. The molecule has 0 aromatic heterocycles. The molecule has 2 aromatic carbocycles. The molecule has 0 bridgehead atoms. The van der Waals surface area contributed by atoms with Crippen LogP contribution in [0.2, 0.25) is 0 Å². The van der Waals surface area contributed by atoms with Gasteiger partial charge in [-0.15, -0.1) is 0 Å². The Hall–Kier alpha value is -2.03. The molecule has 1 heterocycles. The molecule has 2 aromatic rings. The normalized spacial score (nSPS) is 17.6. The molecule has 1 unspecified atom stereocenters. The van der Waals surface area contributed by atoms with Crippen LogP contribution in [0.25, 0.3) is 0 Å². The third-order valence-electron chi connectivity index (χ3n) is 4.10. The van der Waals surface area contributed by atoms with Gasteiger partial charge in [0.1, 0.15) is 11.6 Å². The molecular formula is C18H20FNO. The summed E-state index contributed by atoms with van der Waals surface area (Å²) in [5, 5.41) is 3.49. The van der Waals surface area contributed by atoms with Gasteiger partial charge < -0.3 is 10.1 Å². The Balaban J connectivity index is 1.96. The highest BCUT2D eigenvalue weighted by Gasteiger charge is 2.21. The summed E-state index contributed by atoms with van der Waals surface area (Å²) in [6.45, 7) is 4.61. The highest BCUT2D eigenvalue weighted by molar-refractivity contribution is 5.54. The molecule has 3 heteroatoms. The maximum Gasteiger partial charge on any atom is 0.128 e. The third-order valence-corrected chi connectivity index (χ3v) is 4.10. The molecule has 0 aliphatic carbocycles. The van der Waals surface area contributed by atoms with Gasteiger partial charge in [0.25, 0.3) is 0 Å². The van der Waals surface area contributed by atoms with Crippen LogP contribution in [-0.4, -0.2) is 6.61 Å². The number of ether oxygens (including phenoxy) is 1. The summed E-state index contributed by atoms with van der Waals surface area (Å²) < 4.78 is 19.6. The van der Waals surface area contributed by atoms with E-state index < -0.39 is 0 Å². The van der Waals surface area contributed by atoms with E-state index in [1.807, 2.05) is 13.0 Å². The Labute approximate surface area is 125 Å². The first-order valence-corrected chi connectivity index (χ1v) is 7.41. The van der Waals surface area contributed by atoms with Gasteiger partial charge in [0.15, 0.2) is 0 Å². The van der Waals surface area contributed by atoms with Crippen molar-refractivity contribution >= 4 is 5.69 Å².